The van der Waals surface area contributed by atoms with Gasteiger partial charge in [0.2, 0.25) is 0 Å². The minimum Gasteiger partial charge on any atom is -0.382 e. The minimum atomic E-state index is 0.602. The first-order chi connectivity index (χ1) is 10.4. The predicted octanol–water partition coefficient (Wildman–Crippen LogP) is 2.28. The predicted molar refractivity (Wildman–Crippen MR) is 81.7 cm³/mol. The molecule has 1 rings (SSSR count). The molecule has 0 N–H and O–H groups in total. The van der Waals surface area contributed by atoms with E-state index in [0.717, 1.165) is 12.5 Å². The molecule has 0 spiro atoms. The van der Waals surface area contributed by atoms with Gasteiger partial charge in [0.05, 0.1) is 52.9 Å². The Kier molecular flexibility index (Phi) is 13.2. The second-order valence-corrected chi connectivity index (χ2v) is 5.41. The first-order valence-corrected chi connectivity index (χ1v) is 8.23. The van der Waals surface area contributed by atoms with Crippen LogP contribution < -0.4 is 0 Å². The zero-order valence-electron chi connectivity index (χ0n) is 13.5. The van der Waals surface area contributed by atoms with E-state index < -0.39 is 0 Å². The molecule has 0 aromatic carbocycles. The minimum absolute atomic E-state index is 0.602. The molecule has 21 heavy (non-hydrogen) atoms. The van der Waals surface area contributed by atoms with Gasteiger partial charge >= 0.3 is 0 Å². The summed E-state index contributed by atoms with van der Waals surface area (Å²) < 4.78 is 26.7. The Morgan fingerprint density at radius 1 is 0.619 bits per heavy atom. The molecule has 1 fully saturated rings. The summed E-state index contributed by atoms with van der Waals surface area (Å²) in [7, 11) is 1.66. The molecule has 5 nitrogen and oxygen atoms in total. The second-order valence-electron chi connectivity index (χ2n) is 5.41. The Morgan fingerprint density at radius 2 is 1.10 bits per heavy atom. The van der Waals surface area contributed by atoms with Crippen molar-refractivity contribution in [3.63, 3.8) is 0 Å². The first kappa shape index (κ1) is 18.8. The molecule has 0 bridgehead atoms. The van der Waals surface area contributed by atoms with Crippen molar-refractivity contribution in [2.24, 2.45) is 5.92 Å². The van der Waals surface area contributed by atoms with E-state index in [1.54, 1.807) is 7.11 Å². The van der Waals surface area contributed by atoms with Crippen LogP contribution in [0.1, 0.15) is 32.1 Å². The van der Waals surface area contributed by atoms with E-state index in [2.05, 4.69) is 0 Å². The summed E-state index contributed by atoms with van der Waals surface area (Å²) in [6.45, 7) is 5.93. The number of hydrogen-bond donors (Lipinski definition) is 0. The third-order valence-electron chi connectivity index (χ3n) is 3.63. The maximum absolute atomic E-state index is 5.66. The molecular weight excluding hydrogens is 272 g/mol. The fraction of sp³-hybridized carbons (Fsp3) is 1.00. The second kappa shape index (κ2) is 14.7. The fourth-order valence-corrected chi connectivity index (χ4v) is 2.41. The van der Waals surface area contributed by atoms with Crippen molar-refractivity contribution in [3.05, 3.63) is 0 Å². The number of ether oxygens (including phenoxy) is 5. The summed E-state index contributed by atoms with van der Waals surface area (Å²) in [5.41, 5.74) is 0. The molecule has 1 aliphatic rings. The summed E-state index contributed by atoms with van der Waals surface area (Å²) in [5.74, 6) is 0.778. The lowest BCUT2D eigenvalue weighted by atomic mass is 9.90. The van der Waals surface area contributed by atoms with Crippen LogP contribution in [0.4, 0.5) is 0 Å². The van der Waals surface area contributed by atoms with Crippen LogP contribution in [0.25, 0.3) is 0 Å². The van der Waals surface area contributed by atoms with E-state index in [0.29, 0.717) is 52.9 Å². The Morgan fingerprint density at radius 3 is 1.62 bits per heavy atom. The quantitative estimate of drug-likeness (QED) is 0.461. The zero-order valence-corrected chi connectivity index (χ0v) is 13.5. The van der Waals surface area contributed by atoms with Crippen molar-refractivity contribution in [3.8, 4) is 0 Å². The molecule has 5 heteroatoms. The number of rotatable bonds is 14. The Hall–Kier alpha value is -0.200. The average molecular weight is 304 g/mol. The molecule has 0 saturated heterocycles. The molecule has 0 heterocycles. The van der Waals surface area contributed by atoms with E-state index in [1.165, 1.54) is 32.1 Å². The summed E-state index contributed by atoms with van der Waals surface area (Å²) in [6, 6.07) is 0. The molecule has 0 aliphatic heterocycles. The van der Waals surface area contributed by atoms with Gasteiger partial charge in [-0.15, -0.1) is 0 Å². The lowest BCUT2D eigenvalue weighted by molar-refractivity contribution is -0.0121. The van der Waals surface area contributed by atoms with Gasteiger partial charge in [-0.2, -0.15) is 0 Å². The van der Waals surface area contributed by atoms with Gasteiger partial charge < -0.3 is 23.7 Å². The molecule has 1 aliphatic carbocycles. The Bertz CT molecular complexity index is 207. The summed E-state index contributed by atoms with van der Waals surface area (Å²) in [6.07, 6.45) is 6.81. The maximum atomic E-state index is 5.66. The highest BCUT2D eigenvalue weighted by molar-refractivity contribution is 4.64. The Balaban J connectivity index is 1.69. The molecule has 0 radical (unpaired) electrons. The lowest BCUT2D eigenvalue weighted by Crippen LogP contribution is -2.16. The molecule has 0 aromatic heterocycles. The maximum Gasteiger partial charge on any atom is 0.0701 e. The van der Waals surface area contributed by atoms with E-state index in [9.17, 15) is 0 Å². The normalized spacial score (nSPS) is 16.4. The monoisotopic (exact) mass is 304 g/mol. The van der Waals surface area contributed by atoms with Crippen molar-refractivity contribution in [2.75, 3.05) is 66.6 Å². The molecule has 0 aromatic rings. The Labute approximate surface area is 129 Å². The van der Waals surface area contributed by atoms with E-state index in [1.807, 2.05) is 0 Å². The van der Waals surface area contributed by atoms with Gasteiger partial charge in [-0.1, -0.05) is 19.3 Å². The van der Waals surface area contributed by atoms with E-state index in [4.69, 9.17) is 23.7 Å². The molecular formula is C16H32O5. The van der Waals surface area contributed by atoms with E-state index >= 15 is 0 Å². The fourth-order valence-electron chi connectivity index (χ4n) is 2.41. The SMILES string of the molecule is COCCOCCOCCOCCOCC1CCCCC1. The standard InChI is InChI=1S/C16H32O5/c1-17-7-8-18-9-10-19-11-12-20-13-14-21-15-16-5-3-2-4-6-16/h16H,2-15H2,1H3. The van der Waals surface area contributed by atoms with Gasteiger partial charge in [0, 0.05) is 13.7 Å². The van der Waals surface area contributed by atoms with Crippen molar-refractivity contribution in [1.29, 1.82) is 0 Å². The van der Waals surface area contributed by atoms with Crippen LogP contribution in [0, 0.1) is 5.92 Å². The molecule has 126 valence electrons. The summed E-state index contributed by atoms with van der Waals surface area (Å²) in [4.78, 5) is 0. The van der Waals surface area contributed by atoms with Gasteiger partial charge in [0.25, 0.3) is 0 Å². The van der Waals surface area contributed by atoms with Crippen LogP contribution in [0.2, 0.25) is 0 Å². The van der Waals surface area contributed by atoms with Gasteiger partial charge in [0.15, 0.2) is 0 Å². The van der Waals surface area contributed by atoms with Crippen LogP contribution in [0.3, 0.4) is 0 Å². The largest absolute Gasteiger partial charge is 0.382 e. The average Bonchev–Trinajstić information content (AvgIpc) is 2.53. The highest BCUT2D eigenvalue weighted by atomic mass is 16.6. The number of methoxy groups -OCH3 is 1. The van der Waals surface area contributed by atoms with Crippen LogP contribution in [0.15, 0.2) is 0 Å². The molecule has 0 atom stereocenters. The molecule has 0 unspecified atom stereocenters. The topological polar surface area (TPSA) is 46.2 Å². The van der Waals surface area contributed by atoms with Crippen LogP contribution in [-0.2, 0) is 23.7 Å². The highest BCUT2D eigenvalue weighted by Crippen LogP contribution is 2.23. The van der Waals surface area contributed by atoms with Crippen molar-refractivity contribution >= 4 is 0 Å². The smallest absolute Gasteiger partial charge is 0.0701 e. The zero-order chi connectivity index (χ0) is 15.0. The van der Waals surface area contributed by atoms with E-state index in [-0.39, 0.29) is 0 Å². The third kappa shape index (κ3) is 12.1. The third-order valence-corrected chi connectivity index (χ3v) is 3.63. The van der Waals surface area contributed by atoms with Gasteiger partial charge in [-0.25, -0.2) is 0 Å². The lowest BCUT2D eigenvalue weighted by Gasteiger charge is -2.21. The first-order valence-electron chi connectivity index (χ1n) is 8.23. The highest BCUT2D eigenvalue weighted by Gasteiger charge is 2.12. The molecule has 0 amide bonds. The van der Waals surface area contributed by atoms with Crippen LogP contribution in [0.5, 0.6) is 0 Å². The summed E-state index contributed by atoms with van der Waals surface area (Å²) >= 11 is 0. The van der Waals surface area contributed by atoms with Gasteiger partial charge in [-0.3, -0.25) is 0 Å². The van der Waals surface area contributed by atoms with Crippen LogP contribution in [-0.4, -0.2) is 66.6 Å². The number of hydrogen-bond acceptors (Lipinski definition) is 5. The molecule has 1 saturated carbocycles. The van der Waals surface area contributed by atoms with Crippen molar-refractivity contribution in [1.82, 2.24) is 0 Å². The van der Waals surface area contributed by atoms with Crippen molar-refractivity contribution < 1.29 is 23.7 Å². The van der Waals surface area contributed by atoms with Gasteiger partial charge in [0.1, 0.15) is 0 Å². The van der Waals surface area contributed by atoms with Crippen molar-refractivity contribution in [2.45, 2.75) is 32.1 Å². The van der Waals surface area contributed by atoms with Crippen LogP contribution >= 0.6 is 0 Å². The summed E-state index contributed by atoms with van der Waals surface area (Å²) in [5, 5.41) is 0. The van der Waals surface area contributed by atoms with Gasteiger partial charge in [-0.05, 0) is 18.8 Å².